The van der Waals surface area contributed by atoms with Gasteiger partial charge in [0.05, 0.1) is 10.0 Å². The summed E-state index contributed by atoms with van der Waals surface area (Å²) in [5, 5.41) is 25.9. The minimum absolute atomic E-state index is 0.208. The standard InChI is InChI=1S/C16H23Cl2NO2.C2H2O4/c17-14-7-6-8-15(18)16(14)21-12-13(20)11-19-9-4-2-1-3-5-10-19;3-1(4)2(5)6/h6-8,13,20H,1-5,9-12H2;(H,3,4)(H,5,6). The second-order valence-corrected chi connectivity index (χ2v) is 7.01. The molecule has 1 aromatic carbocycles. The summed E-state index contributed by atoms with van der Waals surface area (Å²) in [6.07, 6.45) is 5.81. The van der Waals surface area contributed by atoms with Crippen molar-refractivity contribution < 1.29 is 29.6 Å². The number of benzene rings is 1. The lowest BCUT2D eigenvalue weighted by atomic mass is 10.1. The van der Waals surface area contributed by atoms with E-state index in [9.17, 15) is 5.11 Å². The van der Waals surface area contributed by atoms with E-state index in [0.29, 0.717) is 22.3 Å². The van der Waals surface area contributed by atoms with Gasteiger partial charge in [-0.3, -0.25) is 0 Å². The molecule has 1 atom stereocenters. The smallest absolute Gasteiger partial charge is 0.414 e. The number of ether oxygens (including phenoxy) is 1. The fourth-order valence-electron chi connectivity index (χ4n) is 2.65. The first kappa shape index (κ1) is 23.5. The average molecular weight is 422 g/mol. The van der Waals surface area contributed by atoms with Crippen molar-refractivity contribution in [1.29, 1.82) is 0 Å². The minimum Gasteiger partial charge on any atom is -0.488 e. The summed E-state index contributed by atoms with van der Waals surface area (Å²) in [6, 6.07) is 5.23. The number of para-hydroxylation sites is 1. The highest BCUT2D eigenvalue weighted by Crippen LogP contribution is 2.32. The molecule has 2 rings (SSSR count). The minimum atomic E-state index is -1.82. The molecule has 7 nitrogen and oxygen atoms in total. The highest BCUT2D eigenvalue weighted by Gasteiger charge is 2.15. The van der Waals surface area contributed by atoms with Crippen molar-refractivity contribution in [3.05, 3.63) is 28.2 Å². The SMILES string of the molecule is O=C(O)C(=O)O.OC(COc1c(Cl)cccc1Cl)CN1CCCCCCC1. The molecule has 0 radical (unpaired) electrons. The zero-order chi connectivity index (χ0) is 20.2. The summed E-state index contributed by atoms with van der Waals surface area (Å²) in [5.41, 5.74) is 0. The van der Waals surface area contributed by atoms with Crippen LogP contribution in [0.2, 0.25) is 10.0 Å². The van der Waals surface area contributed by atoms with E-state index < -0.39 is 18.0 Å². The number of aliphatic hydroxyl groups is 1. The summed E-state index contributed by atoms with van der Waals surface area (Å²) >= 11 is 12.1. The van der Waals surface area contributed by atoms with Gasteiger partial charge in [0.2, 0.25) is 0 Å². The number of β-amino-alcohol motifs (C(OH)–C–C–N with tert-alkyl or cyclic N) is 1. The van der Waals surface area contributed by atoms with Crippen LogP contribution in [0, 0.1) is 0 Å². The van der Waals surface area contributed by atoms with Gasteiger partial charge in [-0.25, -0.2) is 9.59 Å². The molecule has 1 aliphatic heterocycles. The van der Waals surface area contributed by atoms with Crippen LogP contribution in [-0.2, 0) is 9.59 Å². The highest BCUT2D eigenvalue weighted by atomic mass is 35.5. The average Bonchev–Trinajstić information content (AvgIpc) is 2.57. The van der Waals surface area contributed by atoms with Gasteiger partial charge in [-0.15, -0.1) is 0 Å². The van der Waals surface area contributed by atoms with Crippen LogP contribution in [0.3, 0.4) is 0 Å². The molecule has 0 amide bonds. The maximum atomic E-state index is 10.2. The van der Waals surface area contributed by atoms with Gasteiger partial charge in [0, 0.05) is 6.54 Å². The molecule has 1 saturated heterocycles. The van der Waals surface area contributed by atoms with Gasteiger partial charge in [0.25, 0.3) is 0 Å². The number of carbonyl (C=O) groups is 2. The number of aliphatic hydroxyl groups excluding tert-OH is 1. The van der Waals surface area contributed by atoms with E-state index in [-0.39, 0.29) is 6.61 Å². The van der Waals surface area contributed by atoms with Crippen LogP contribution in [0.4, 0.5) is 0 Å². The molecule has 1 heterocycles. The van der Waals surface area contributed by atoms with Crippen LogP contribution in [0.5, 0.6) is 5.75 Å². The van der Waals surface area contributed by atoms with E-state index in [1.165, 1.54) is 32.1 Å². The Morgan fingerprint density at radius 2 is 1.48 bits per heavy atom. The molecule has 0 aliphatic carbocycles. The molecular weight excluding hydrogens is 397 g/mol. The Kier molecular flexibility index (Phi) is 11.1. The van der Waals surface area contributed by atoms with Crippen molar-refractivity contribution in [2.24, 2.45) is 0 Å². The van der Waals surface area contributed by atoms with Gasteiger partial charge in [-0.1, -0.05) is 48.5 Å². The highest BCUT2D eigenvalue weighted by molar-refractivity contribution is 6.37. The first-order chi connectivity index (χ1) is 12.8. The summed E-state index contributed by atoms with van der Waals surface area (Å²) in [7, 11) is 0. The van der Waals surface area contributed by atoms with E-state index >= 15 is 0 Å². The molecule has 0 aromatic heterocycles. The number of likely N-dealkylation sites (tertiary alicyclic amines) is 1. The van der Waals surface area contributed by atoms with E-state index in [1.807, 2.05) is 0 Å². The molecule has 0 saturated carbocycles. The number of carboxylic acid groups (broad SMARTS) is 2. The lowest BCUT2D eigenvalue weighted by Gasteiger charge is -2.26. The van der Waals surface area contributed by atoms with Gasteiger partial charge in [-0.2, -0.15) is 0 Å². The monoisotopic (exact) mass is 421 g/mol. The van der Waals surface area contributed by atoms with Crippen LogP contribution < -0.4 is 4.74 Å². The Hall–Kier alpha value is -1.54. The lowest BCUT2D eigenvalue weighted by Crippen LogP contribution is -2.37. The van der Waals surface area contributed by atoms with Crippen molar-refractivity contribution in [3.63, 3.8) is 0 Å². The van der Waals surface area contributed by atoms with Gasteiger partial charge in [0.1, 0.15) is 12.7 Å². The fraction of sp³-hybridized carbons (Fsp3) is 0.556. The largest absolute Gasteiger partial charge is 0.488 e. The second-order valence-electron chi connectivity index (χ2n) is 6.19. The predicted octanol–water partition coefficient (Wildman–Crippen LogP) is 3.15. The number of aliphatic carboxylic acids is 2. The third-order valence-electron chi connectivity index (χ3n) is 3.94. The third-order valence-corrected chi connectivity index (χ3v) is 4.53. The molecule has 0 bridgehead atoms. The van der Waals surface area contributed by atoms with Gasteiger partial charge in [-0.05, 0) is 38.1 Å². The maximum Gasteiger partial charge on any atom is 0.414 e. The van der Waals surface area contributed by atoms with Crippen LogP contribution >= 0.6 is 23.2 Å². The first-order valence-electron chi connectivity index (χ1n) is 8.74. The molecule has 1 unspecified atom stereocenters. The number of hydrogen-bond donors (Lipinski definition) is 3. The predicted molar refractivity (Wildman–Crippen MR) is 103 cm³/mol. The van der Waals surface area contributed by atoms with Crippen LogP contribution in [0.1, 0.15) is 32.1 Å². The number of nitrogens with zero attached hydrogens (tertiary/aromatic N) is 1. The summed E-state index contributed by atoms with van der Waals surface area (Å²) in [5.74, 6) is -3.20. The van der Waals surface area contributed by atoms with E-state index in [0.717, 1.165) is 13.1 Å². The topological polar surface area (TPSA) is 107 Å². The molecule has 152 valence electrons. The summed E-state index contributed by atoms with van der Waals surface area (Å²) < 4.78 is 5.59. The van der Waals surface area contributed by atoms with Crippen molar-refractivity contribution in [3.8, 4) is 5.75 Å². The van der Waals surface area contributed by atoms with Crippen LogP contribution in [0.15, 0.2) is 18.2 Å². The van der Waals surface area contributed by atoms with Crippen LogP contribution in [-0.4, -0.2) is 64.5 Å². The van der Waals surface area contributed by atoms with Gasteiger partial charge >= 0.3 is 11.9 Å². The van der Waals surface area contributed by atoms with Crippen molar-refractivity contribution in [2.75, 3.05) is 26.2 Å². The molecule has 9 heteroatoms. The lowest BCUT2D eigenvalue weighted by molar-refractivity contribution is -0.159. The van der Waals surface area contributed by atoms with E-state index in [1.54, 1.807) is 18.2 Å². The normalized spacial score (nSPS) is 16.3. The van der Waals surface area contributed by atoms with E-state index in [4.69, 9.17) is 47.7 Å². The zero-order valence-electron chi connectivity index (χ0n) is 14.9. The van der Waals surface area contributed by atoms with Crippen molar-refractivity contribution >= 4 is 35.1 Å². The molecule has 1 aromatic rings. The van der Waals surface area contributed by atoms with Crippen LogP contribution in [0.25, 0.3) is 0 Å². The Morgan fingerprint density at radius 3 is 1.96 bits per heavy atom. The Morgan fingerprint density at radius 1 is 1.00 bits per heavy atom. The first-order valence-corrected chi connectivity index (χ1v) is 9.50. The van der Waals surface area contributed by atoms with Crippen molar-refractivity contribution in [2.45, 2.75) is 38.2 Å². The molecule has 3 N–H and O–H groups in total. The number of hydrogen-bond acceptors (Lipinski definition) is 5. The zero-order valence-corrected chi connectivity index (χ0v) is 16.5. The van der Waals surface area contributed by atoms with Crippen molar-refractivity contribution in [1.82, 2.24) is 4.90 Å². The molecular formula is C18H25Cl2NO6. The number of rotatable bonds is 5. The number of carboxylic acids is 2. The Bertz CT molecular complexity index is 573. The molecule has 1 fully saturated rings. The Labute approximate surface area is 168 Å². The second kappa shape index (κ2) is 12.8. The fourth-order valence-corrected chi connectivity index (χ4v) is 3.15. The molecule has 0 spiro atoms. The van der Waals surface area contributed by atoms with E-state index in [2.05, 4.69) is 4.90 Å². The van der Waals surface area contributed by atoms with Gasteiger partial charge < -0.3 is 25.0 Å². The van der Waals surface area contributed by atoms with Gasteiger partial charge in [0.15, 0.2) is 5.75 Å². The molecule has 27 heavy (non-hydrogen) atoms. The summed E-state index contributed by atoms with van der Waals surface area (Å²) in [6.45, 7) is 2.97. The summed E-state index contributed by atoms with van der Waals surface area (Å²) in [4.78, 5) is 20.5. The number of halogens is 2. The maximum absolute atomic E-state index is 10.2. The quantitative estimate of drug-likeness (QED) is 0.626. The third kappa shape index (κ3) is 9.81. The Balaban J connectivity index is 0.000000527. The molecule has 1 aliphatic rings.